The molecule has 10 unspecified atom stereocenters. The Morgan fingerprint density at radius 3 is 1.18 bits per heavy atom. The minimum absolute atomic E-state index is 0.194. The van der Waals surface area contributed by atoms with Crippen LogP contribution < -0.4 is 16.0 Å². The van der Waals surface area contributed by atoms with Crippen molar-refractivity contribution in [2.24, 2.45) is 0 Å². The van der Waals surface area contributed by atoms with Crippen molar-refractivity contribution in [3.05, 3.63) is 24.3 Å². The van der Waals surface area contributed by atoms with Crippen LogP contribution in [0.5, 0.6) is 0 Å². The summed E-state index contributed by atoms with van der Waals surface area (Å²) in [6, 6.07) is -4.16. The molecule has 0 aromatic heterocycles. The zero-order valence-corrected chi connectivity index (χ0v) is 65.2. The van der Waals surface area contributed by atoms with E-state index in [-0.39, 0.29) is 12.3 Å². The number of ether oxygens (including phenoxy) is 10. The first kappa shape index (κ1) is 96.5. The van der Waals surface area contributed by atoms with Crippen LogP contribution in [0.3, 0.4) is 0 Å². The van der Waals surface area contributed by atoms with E-state index in [0.29, 0.717) is 12.8 Å². The first-order valence-electron chi connectivity index (χ1n) is 41.1. The highest BCUT2D eigenvalue weighted by Crippen LogP contribution is 2.36. The van der Waals surface area contributed by atoms with Crippen molar-refractivity contribution in [3.63, 3.8) is 0 Å². The van der Waals surface area contributed by atoms with E-state index in [0.717, 1.165) is 58.8 Å². The monoisotopic (exact) mass is 1570 g/mol. The lowest BCUT2D eigenvalue weighted by Gasteiger charge is -2.49. The summed E-state index contributed by atoms with van der Waals surface area (Å²) in [7, 11) is 0. The minimum Gasteiger partial charge on any atom is -0.394 e. The van der Waals surface area contributed by atoms with Crippen LogP contribution in [-0.2, 0) is 61.8 Å². The van der Waals surface area contributed by atoms with Gasteiger partial charge >= 0.3 is 0 Å². The van der Waals surface area contributed by atoms with Gasteiger partial charge in [-0.15, -0.1) is 0 Å². The molecule has 3 amide bonds. The van der Waals surface area contributed by atoms with Crippen LogP contribution >= 0.6 is 0 Å². The molecule has 5 rings (SSSR count). The van der Waals surface area contributed by atoms with Gasteiger partial charge in [-0.2, -0.15) is 0 Å². The van der Waals surface area contributed by atoms with Gasteiger partial charge in [0.15, 0.2) is 31.5 Å². The van der Waals surface area contributed by atoms with E-state index < -0.39 is 217 Å². The fraction of sp³-hybridized carbons (Fsp3) is 0.910. The van der Waals surface area contributed by atoms with Gasteiger partial charge in [-0.3, -0.25) is 14.4 Å². The van der Waals surface area contributed by atoms with Crippen LogP contribution in [0.4, 0.5) is 0 Å². The molecule has 0 aliphatic carbocycles. The first-order chi connectivity index (χ1) is 52.5. The number of aliphatic hydroxyl groups is 15. The fourth-order valence-electron chi connectivity index (χ4n) is 14.6. The lowest BCUT2D eigenvalue weighted by atomic mass is 9.94. The molecule has 636 valence electrons. The maximum Gasteiger partial charge on any atom is 0.220 e. The van der Waals surface area contributed by atoms with Crippen molar-refractivity contribution in [1.82, 2.24) is 16.0 Å². The molecule has 18 N–H and O–H groups in total. The number of carbonyl (C=O) groups excluding carboxylic acids is 3. The number of nitrogens with one attached hydrogen (secondary N) is 3. The van der Waals surface area contributed by atoms with Gasteiger partial charge < -0.3 is 140 Å². The van der Waals surface area contributed by atoms with Crippen molar-refractivity contribution in [2.45, 2.75) is 412 Å². The number of amides is 3. The van der Waals surface area contributed by atoms with E-state index in [1.165, 1.54) is 154 Å². The zero-order valence-electron chi connectivity index (χ0n) is 65.2. The second kappa shape index (κ2) is 54.7. The third-order valence-electron chi connectivity index (χ3n) is 21.3. The van der Waals surface area contributed by atoms with E-state index in [1.54, 1.807) is 6.08 Å². The summed E-state index contributed by atoms with van der Waals surface area (Å²) >= 11 is 0. The Balaban J connectivity index is 1.14. The molecule has 5 fully saturated rings. The van der Waals surface area contributed by atoms with Crippen LogP contribution in [-0.4, -0.2) is 300 Å². The average molecular weight is 1570 g/mol. The van der Waals surface area contributed by atoms with Crippen molar-refractivity contribution in [3.8, 4) is 0 Å². The summed E-state index contributed by atoms with van der Waals surface area (Å²) in [6.45, 7) is 1.75. The SMILES string of the molecule is CCCCCCCC/C=C\CCCCCCCCCCCCCCCC(=O)N[C@@H](CO[C@@H]1OC(CO)[C@@H](O[C@@H]2OC(CO)[C@H](O[C@@H]3OC(CO)[C@H](O)[C@H](O[C@@H]4OC(CO[C@@H]5OC(CO)[C@@H](O)[C@H](O)C5NC(C)=O)[C@H](O)[C@H](O)C4NC(C)=O)C3O)[C@H](O)C2O)[C@H](O)C1O)[C@H](O)/C=C/CCCCCCCCCCCCC. The molecule has 0 bridgehead atoms. The van der Waals surface area contributed by atoms with Crippen molar-refractivity contribution in [1.29, 1.82) is 0 Å². The number of hydrogen-bond donors (Lipinski definition) is 18. The number of unbranched alkanes of at least 4 members (excludes halogenated alkanes) is 30. The summed E-state index contributed by atoms with van der Waals surface area (Å²) < 4.78 is 58.7. The van der Waals surface area contributed by atoms with Gasteiger partial charge in [-0.1, -0.05) is 205 Å². The van der Waals surface area contributed by atoms with Gasteiger partial charge in [0.25, 0.3) is 0 Å². The molecule has 5 heterocycles. The highest BCUT2D eigenvalue weighted by molar-refractivity contribution is 5.76. The molecule has 5 aliphatic rings. The van der Waals surface area contributed by atoms with E-state index in [4.69, 9.17) is 47.4 Å². The quantitative estimate of drug-likeness (QED) is 0.0307. The molecule has 31 heteroatoms. The van der Waals surface area contributed by atoms with Crippen LogP contribution in [0.2, 0.25) is 0 Å². The summed E-state index contributed by atoms with van der Waals surface area (Å²) in [4.78, 5) is 38.1. The number of aliphatic hydroxyl groups excluding tert-OH is 15. The fourth-order valence-corrected chi connectivity index (χ4v) is 14.6. The maximum absolute atomic E-state index is 13.5. The first-order valence-corrected chi connectivity index (χ1v) is 41.1. The molecular formula is C78H141N3O28. The van der Waals surface area contributed by atoms with E-state index >= 15 is 0 Å². The highest BCUT2D eigenvalue weighted by Gasteiger charge is 2.56. The third-order valence-corrected chi connectivity index (χ3v) is 21.3. The van der Waals surface area contributed by atoms with E-state index in [2.05, 4.69) is 41.9 Å². The normalized spacial score (nSPS) is 33.7. The predicted octanol–water partition coefficient (Wildman–Crippen LogP) is 2.65. The Bertz CT molecular complexity index is 2460. The molecule has 0 saturated carbocycles. The van der Waals surface area contributed by atoms with Gasteiger partial charge in [-0.05, 0) is 44.9 Å². The Kier molecular flexibility index (Phi) is 48.4. The molecule has 0 spiro atoms. The number of hydrogen-bond acceptors (Lipinski definition) is 28. The topological polar surface area (TPSA) is 483 Å². The number of allylic oxidation sites excluding steroid dienone is 3. The van der Waals surface area contributed by atoms with Gasteiger partial charge in [-0.25, -0.2) is 0 Å². The second-order valence-electron chi connectivity index (χ2n) is 30.4. The molecule has 5 aliphatic heterocycles. The van der Waals surface area contributed by atoms with Crippen LogP contribution in [0, 0.1) is 0 Å². The van der Waals surface area contributed by atoms with Gasteiger partial charge in [0.1, 0.15) is 122 Å². The average Bonchev–Trinajstić information content (AvgIpc) is 0.770. The molecule has 27 atom stereocenters. The van der Waals surface area contributed by atoms with Crippen LogP contribution in [0.1, 0.15) is 246 Å². The number of carbonyl (C=O) groups is 3. The zero-order chi connectivity index (χ0) is 79.6. The van der Waals surface area contributed by atoms with Gasteiger partial charge in [0, 0.05) is 20.3 Å². The molecule has 109 heavy (non-hydrogen) atoms. The van der Waals surface area contributed by atoms with Crippen LogP contribution in [0.15, 0.2) is 24.3 Å². The summed E-state index contributed by atoms with van der Waals surface area (Å²) in [5, 5.41) is 174. The van der Waals surface area contributed by atoms with Gasteiger partial charge in [0.05, 0.1) is 51.8 Å². The Hall–Kier alpha value is -3.11. The molecule has 5 saturated heterocycles. The largest absolute Gasteiger partial charge is 0.394 e. The lowest BCUT2D eigenvalue weighted by molar-refractivity contribution is -0.387. The Labute approximate surface area is 645 Å². The van der Waals surface area contributed by atoms with Crippen molar-refractivity contribution in [2.75, 3.05) is 39.6 Å². The summed E-state index contributed by atoms with van der Waals surface area (Å²) in [5.41, 5.74) is 0. The van der Waals surface area contributed by atoms with Crippen molar-refractivity contribution < 1.29 is 138 Å². The van der Waals surface area contributed by atoms with Gasteiger partial charge in [0.2, 0.25) is 17.7 Å². The molecular weight excluding hydrogens is 1430 g/mol. The minimum atomic E-state index is -2.18. The molecule has 0 aromatic carbocycles. The third kappa shape index (κ3) is 33.2. The smallest absolute Gasteiger partial charge is 0.220 e. The van der Waals surface area contributed by atoms with E-state index in [1.807, 2.05) is 6.08 Å². The molecule has 0 radical (unpaired) electrons. The molecule has 31 nitrogen and oxygen atoms in total. The summed E-state index contributed by atoms with van der Waals surface area (Å²) in [5.74, 6) is -1.78. The standard InChI is InChI=1S/C78H141N3O28/c1-5-7-9-11-13-15-17-19-20-21-22-23-24-25-26-27-28-30-32-34-36-38-40-42-58(89)81-51(52(88)41-39-37-35-33-31-29-18-16-14-12-10-8-6-2)47-100-76-68(97)66(95)71(55(45-84)104-76)107-77-69(98)67(96)72(56(46-85)105-77)108-78-70(99)73(63(92)54(44-83)103-78)109-75-60(80-50(4)87)65(94)62(91)57(106-75)48-101-74-59(79-49(3)86)64(93)61(90)53(43-82)102-74/h19-20,39,41,51-57,59-78,82-85,88,90-99H,5-18,21-38,40,42-48H2,1-4H3,(H,79,86)(H,80,87)(H,81,89)/b20-19-,41-39+/t51-,52+,53?,54?,55?,56?,57?,59?,60?,61+,62-,63-,64+,65+,66+,67+,68?,69?,70?,71+,72-,73-,74+,75-,76+,77-,78-/m0/s1. The maximum atomic E-state index is 13.5. The van der Waals surface area contributed by atoms with Crippen LogP contribution in [0.25, 0.3) is 0 Å². The van der Waals surface area contributed by atoms with Crippen molar-refractivity contribution >= 4 is 17.7 Å². The highest BCUT2D eigenvalue weighted by atomic mass is 16.8. The number of rotatable bonds is 56. The predicted molar refractivity (Wildman–Crippen MR) is 398 cm³/mol. The lowest BCUT2D eigenvalue weighted by Crippen LogP contribution is -2.69. The summed E-state index contributed by atoms with van der Waals surface area (Å²) in [6.07, 6.45) is 3.51. The Morgan fingerprint density at radius 2 is 0.725 bits per heavy atom. The second-order valence-corrected chi connectivity index (χ2v) is 30.4. The molecule has 0 aromatic rings. The Morgan fingerprint density at radius 1 is 0.367 bits per heavy atom. The van der Waals surface area contributed by atoms with E-state index in [9.17, 15) is 91.0 Å².